The number of fused-ring (bicyclic) bond motifs is 2. The normalized spacial score (nSPS) is 20.0. The van der Waals surface area contributed by atoms with Gasteiger partial charge in [-0.1, -0.05) is 6.07 Å². The molecule has 1 atom stereocenters. The summed E-state index contributed by atoms with van der Waals surface area (Å²) in [7, 11) is 0. The molecule has 2 aromatic rings. The molecule has 2 aliphatic heterocycles. The number of hydrogen-bond donors (Lipinski definition) is 0. The number of hydrogen-bond acceptors (Lipinski definition) is 5. The van der Waals surface area contributed by atoms with Gasteiger partial charge in [-0.3, -0.25) is 9.78 Å². The second kappa shape index (κ2) is 5.46. The molecule has 0 radical (unpaired) electrons. The Balaban J connectivity index is 1.60. The molecule has 2 aromatic heterocycles. The minimum Gasteiger partial charge on any atom is -0.326 e. The molecule has 4 heterocycles. The molecule has 23 heavy (non-hydrogen) atoms. The lowest BCUT2D eigenvalue weighted by atomic mass is 10.0. The molecule has 1 amide bonds. The summed E-state index contributed by atoms with van der Waals surface area (Å²) in [6.45, 7) is 3.09. The maximum absolute atomic E-state index is 12.6. The second-order valence-corrected chi connectivity index (χ2v) is 5.95. The van der Waals surface area contributed by atoms with E-state index in [1.807, 2.05) is 43.5 Å². The van der Waals surface area contributed by atoms with Crippen molar-refractivity contribution in [2.24, 2.45) is 5.92 Å². The molecule has 6 heteroatoms. The van der Waals surface area contributed by atoms with Crippen molar-refractivity contribution in [3.05, 3.63) is 59.8 Å². The van der Waals surface area contributed by atoms with Gasteiger partial charge in [0.15, 0.2) is 5.82 Å². The van der Waals surface area contributed by atoms with Gasteiger partial charge in [0, 0.05) is 31.1 Å². The van der Waals surface area contributed by atoms with Crippen molar-refractivity contribution in [3.8, 4) is 0 Å². The van der Waals surface area contributed by atoms with Gasteiger partial charge in [0.1, 0.15) is 0 Å². The van der Waals surface area contributed by atoms with Gasteiger partial charge < -0.3 is 9.80 Å². The van der Waals surface area contributed by atoms with Gasteiger partial charge in [-0.25, -0.2) is 0 Å². The minimum absolute atomic E-state index is 0.0122. The summed E-state index contributed by atoms with van der Waals surface area (Å²) in [4.78, 5) is 20.8. The van der Waals surface area contributed by atoms with Crippen LogP contribution in [0.2, 0.25) is 0 Å². The maximum atomic E-state index is 12.6. The van der Waals surface area contributed by atoms with E-state index in [0.717, 1.165) is 29.3 Å². The van der Waals surface area contributed by atoms with Gasteiger partial charge in [-0.05, 0) is 31.2 Å². The third kappa shape index (κ3) is 2.56. The molecule has 6 nitrogen and oxygen atoms in total. The van der Waals surface area contributed by atoms with Crippen LogP contribution in [0.5, 0.6) is 0 Å². The lowest BCUT2D eigenvalue weighted by Gasteiger charge is -2.24. The Morgan fingerprint density at radius 1 is 1.22 bits per heavy atom. The lowest BCUT2D eigenvalue weighted by molar-refractivity contribution is -0.133. The van der Waals surface area contributed by atoms with Crippen molar-refractivity contribution in [1.29, 1.82) is 0 Å². The Bertz CT molecular complexity index is 756. The van der Waals surface area contributed by atoms with E-state index in [-0.39, 0.29) is 11.8 Å². The summed E-state index contributed by atoms with van der Waals surface area (Å²) < 4.78 is 0. The SMILES string of the molecule is Cc1ccc(N2CC3CC2=CN(Cc2ccccn2)C3=O)nn1. The van der Waals surface area contributed by atoms with Crippen LogP contribution < -0.4 is 4.90 Å². The molecule has 0 saturated carbocycles. The molecule has 2 bridgehead atoms. The van der Waals surface area contributed by atoms with Crippen molar-refractivity contribution in [2.75, 3.05) is 11.4 Å². The quantitative estimate of drug-likeness (QED) is 0.866. The fraction of sp³-hybridized carbons (Fsp3) is 0.294. The highest BCUT2D eigenvalue weighted by atomic mass is 16.2. The van der Waals surface area contributed by atoms with Gasteiger partial charge in [0.2, 0.25) is 5.91 Å². The molecule has 4 rings (SSSR count). The Kier molecular flexibility index (Phi) is 3.29. The Hall–Kier alpha value is -2.76. The van der Waals surface area contributed by atoms with E-state index < -0.39 is 0 Å². The number of amides is 1. The molecule has 0 spiro atoms. The van der Waals surface area contributed by atoms with Gasteiger partial charge in [0.05, 0.1) is 23.9 Å². The van der Waals surface area contributed by atoms with Gasteiger partial charge >= 0.3 is 0 Å². The van der Waals surface area contributed by atoms with Crippen LogP contribution in [0.1, 0.15) is 17.8 Å². The van der Waals surface area contributed by atoms with E-state index in [4.69, 9.17) is 0 Å². The summed E-state index contributed by atoms with van der Waals surface area (Å²) in [5.41, 5.74) is 2.89. The summed E-state index contributed by atoms with van der Waals surface area (Å²) in [5.74, 6) is 0.945. The number of carbonyl (C=O) groups excluding carboxylic acids is 1. The fourth-order valence-corrected chi connectivity index (χ4v) is 3.10. The number of rotatable bonds is 3. The molecule has 1 fully saturated rings. The molecule has 1 saturated heterocycles. The monoisotopic (exact) mass is 307 g/mol. The molecule has 116 valence electrons. The molecule has 0 aromatic carbocycles. The van der Waals surface area contributed by atoms with Crippen molar-refractivity contribution in [3.63, 3.8) is 0 Å². The van der Waals surface area contributed by atoms with E-state index in [9.17, 15) is 4.79 Å². The van der Waals surface area contributed by atoms with E-state index in [2.05, 4.69) is 20.1 Å². The first-order chi connectivity index (χ1) is 11.2. The Morgan fingerprint density at radius 2 is 2.13 bits per heavy atom. The van der Waals surface area contributed by atoms with Crippen molar-refractivity contribution < 1.29 is 4.79 Å². The maximum Gasteiger partial charge on any atom is 0.232 e. The smallest absolute Gasteiger partial charge is 0.232 e. The van der Waals surface area contributed by atoms with Crippen LogP contribution in [0.25, 0.3) is 0 Å². The average molecular weight is 307 g/mol. The predicted molar refractivity (Wildman–Crippen MR) is 85.1 cm³/mol. The first-order valence-corrected chi connectivity index (χ1v) is 7.69. The summed E-state index contributed by atoms with van der Waals surface area (Å²) >= 11 is 0. The zero-order valence-electron chi connectivity index (χ0n) is 12.9. The largest absolute Gasteiger partial charge is 0.326 e. The number of pyridine rings is 1. The van der Waals surface area contributed by atoms with Crippen LogP contribution >= 0.6 is 0 Å². The fourth-order valence-electron chi connectivity index (χ4n) is 3.10. The number of anilines is 1. The number of allylic oxidation sites excluding steroid dienone is 1. The number of aromatic nitrogens is 3. The number of carbonyl (C=O) groups is 1. The standard InChI is InChI=1S/C17H17N5O/c1-12-5-6-16(20-19-12)22-9-13-8-15(22)11-21(17(13)23)10-14-4-2-3-7-18-14/h2-7,11,13H,8-10H2,1H3. The van der Waals surface area contributed by atoms with Gasteiger partial charge in [0.25, 0.3) is 0 Å². The van der Waals surface area contributed by atoms with Crippen molar-refractivity contribution in [2.45, 2.75) is 19.9 Å². The van der Waals surface area contributed by atoms with Crippen LogP contribution in [0.3, 0.4) is 0 Å². The predicted octanol–water partition coefficient (Wildman–Crippen LogP) is 1.89. The lowest BCUT2D eigenvalue weighted by Crippen LogP contribution is -2.34. The highest BCUT2D eigenvalue weighted by molar-refractivity contribution is 5.84. The Morgan fingerprint density at radius 3 is 2.87 bits per heavy atom. The molecule has 1 unspecified atom stereocenters. The highest BCUT2D eigenvalue weighted by Crippen LogP contribution is 2.35. The highest BCUT2D eigenvalue weighted by Gasteiger charge is 2.39. The van der Waals surface area contributed by atoms with Crippen LogP contribution in [-0.2, 0) is 11.3 Å². The average Bonchev–Trinajstić information content (AvgIpc) is 2.94. The summed E-state index contributed by atoms with van der Waals surface area (Å²) in [5, 5.41) is 8.36. The van der Waals surface area contributed by atoms with E-state index in [1.54, 1.807) is 11.1 Å². The molecule has 0 aliphatic carbocycles. The van der Waals surface area contributed by atoms with E-state index >= 15 is 0 Å². The van der Waals surface area contributed by atoms with Gasteiger partial charge in [-0.15, -0.1) is 5.10 Å². The molecular weight excluding hydrogens is 290 g/mol. The van der Waals surface area contributed by atoms with Crippen molar-refractivity contribution >= 4 is 11.7 Å². The van der Waals surface area contributed by atoms with Crippen LogP contribution in [0.4, 0.5) is 5.82 Å². The topological polar surface area (TPSA) is 62.2 Å². The van der Waals surface area contributed by atoms with Crippen molar-refractivity contribution in [1.82, 2.24) is 20.1 Å². The number of nitrogens with zero attached hydrogens (tertiary/aromatic N) is 5. The third-order valence-electron chi connectivity index (χ3n) is 4.26. The van der Waals surface area contributed by atoms with E-state index in [1.165, 1.54) is 0 Å². The van der Waals surface area contributed by atoms with Crippen LogP contribution in [0, 0.1) is 12.8 Å². The first kappa shape index (κ1) is 13.9. The summed E-state index contributed by atoms with van der Waals surface area (Å²) in [6, 6.07) is 9.65. The third-order valence-corrected chi connectivity index (χ3v) is 4.26. The second-order valence-electron chi connectivity index (χ2n) is 5.95. The van der Waals surface area contributed by atoms with E-state index in [0.29, 0.717) is 13.1 Å². The number of aryl methyl sites for hydroxylation is 1. The molecule has 2 aliphatic rings. The first-order valence-electron chi connectivity index (χ1n) is 7.69. The zero-order valence-corrected chi connectivity index (χ0v) is 12.9. The zero-order chi connectivity index (χ0) is 15.8. The molecule has 0 N–H and O–H groups in total. The Labute approximate surface area is 134 Å². The molecular formula is C17H17N5O. The minimum atomic E-state index is -0.0122. The van der Waals surface area contributed by atoms with Gasteiger partial charge in [-0.2, -0.15) is 5.10 Å². The summed E-state index contributed by atoms with van der Waals surface area (Å²) in [6.07, 6.45) is 4.45. The van der Waals surface area contributed by atoms with Crippen LogP contribution in [-0.4, -0.2) is 32.5 Å². The van der Waals surface area contributed by atoms with Crippen LogP contribution in [0.15, 0.2) is 48.4 Å².